The summed E-state index contributed by atoms with van der Waals surface area (Å²) in [6.07, 6.45) is 3.13. The molecule has 0 amide bonds. The third-order valence-corrected chi connectivity index (χ3v) is 3.37. The molecule has 88 valence electrons. The molecule has 17 heavy (non-hydrogen) atoms. The lowest BCUT2D eigenvalue weighted by Crippen LogP contribution is -1.97. The Labute approximate surface area is 99.1 Å². The molecule has 1 heterocycles. The van der Waals surface area contributed by atoms with Gasteiger partial charge in [-0.2, -0.15) is 5.10 Å². The number of nitrogens with zero attached hydrogens (tertiary/aromatic N) is 2. The van der Waals surface area contributed by atoms with Crippen molar-refractivity contribution in [2.45, 2.75) is 19.3 Å². The van der Waals surface area contributed by atoms with Crippen molar-refractivity contribution in [1.82, 2.24) is 9.78 Å². The summed E-state index contributed by atoms with van der Waals surface area (Å²) in [4.78, 5) is 0. The van der Waals surface area contributed by atoms with E-state index in [1.807, 2.05) is 6.07 Å². The zero-order chi connectivity index (χ0) is 12.0. The molecule has 3 rings (SSSR count). The van der Waals surface area contributed by atoms with Crippen LogP contribution in [0.25, 0.3) is 11.3 Å². The summed E-state index contributed by atoms with van der Waals surface area (Å²) in [5, 5.41) is 4.22. The highest BCUT2D eigenvalue weighted by atomic mass is 19.1. The van der Waals surface area contributed by atoms with Gasteiger partial charge in [0.15, 0.2) is 0 Å². The van der Waals surface area contributed by atoms with E-state index >= 15 is 0 Å². The van der Waals surface area contributed by atoms with E-state index in [-0.39, 0.29) is 5.82 Å². The highest BCUT2D eigenvalue weighted by molar-refractivity contribution is 5.65. The molecule has 0 saturated heterocycles. The molecule has 0 atom stereocenters. The van der Waals surface area contributed by atoms with E-state index in [2.05, 4.69) is 5.10 Å². The molecule has 0 saturated carbocycles. The first-order chi connectivity index (χ1) is 8.15. The summed E-state index contributed by atoms with van der Waals surface area (Å²) in [6.45, 7) is 0. The van der Waals surface area contributed by atoms with Crippen LogP contribution in [0, 0.1) is 5.82 Å². The molecule has 0 bridgehead atoms. The first-order valence-corrected chi connectivity index (χ1v) is 5.76. The average Bonchev–Trinajstić information content (AvgIpc) is 2.85. The Balaban J connectivity index is 2.14. The van der Waals surface area contributed by atoms with Crippen molar-refractivity contribution in [3.05, 3.63) is 35.1 Å². The molecular weight excluding hydrogens is 217 g/mol. The van der Waals surface area contributed by atoms with Crippen LogP contribution in [0.4, 0.5) is 10.2 Å². The second kappa shape index (κ2) is 3.58. The second-order valence-corrected chi connectivity index (χ2v) is 4.53. The molecule has 2 N–H and O–H groups in total. The Kier molecular flexibility index (Phi) is 2.18. The third-order valence-electron chi connectivity index (χ3n) is 3.37. The van der Waals surface area contributed by atoms with E-state index in [9.17, 15) is 4.39 Å². The molecule has 0 aliphatic heterocycles. The van der Waals surface area contributed by atoms with E-state index in [1.165, 1.54) is 5.56 Å². The van der Waals surface area contributed by atoms with Gasteiger partial charge in [0.2, 0.25) is 0 Å². The van der Waals surface area contributed by atoms with E-state index in [4.69, 9.17) is 5.73 Å². The van der Waals surface area contributed by atoms with Crippen molar-refractivity contribution in [3.63, 3.8) is 0 Å². The predicted octanol–water partition coefficient (Wildman–Crippen LogP) is 2.30. The molecule has 1 aromatic heterocycles. The van der Waals surface area contributed by atoms with Crippen LogP contribution in [0.1, 0.15) is 17.5 Å². The zero-order valence-corrected chi connectivity index (χ0v) is 9.70. The number of nitrogens with two attached hydrogens (primary N) is 1. The summed E-state index contributed by atoms with van der Waals surface area (Å²) < 4.78 is 15.5. The smallest absolute Gasteiger partial charge is 0.132 e. The van der Waals surface area contributed by atoms with Crippen LogP contribution in [0.15, 0.2) is 18.2 Å². The molecule has 4 heteroatoms. The molecule has 0 spiro atoms. The van der Waals surface area contributed by atoms with Gasteiger partial charge >= 0.3 is 0 Å². The molecule has 2 aromatic rings. The molecule has 0 fully saturated rings. The summed E-state index contributed by atoms with van der Waals surface area (Å²) in [6, 6.07) is 5.27. The van der Waals surface area contributed by atoms with Crippen LogP contribution in [0.2, 0.25) is 0 Å². The van der Waals surface area contributed by atoms with E-state index in [1.54, 1.807) is 23.9 Å². The zero-order valence-electron chi connectivity index (χ0n) is 9.70. The van der Waals surface area contributed by atoms with E-state index in [0.29, 0.717) is 17.1 Å². The van der Waals surface area contributed by atoms with Crippen LogP contribution < -0.4 is 5.73 Å². The van der Waals surface area contributed by atoms with Crippen molar-refractivity contribution < 1.29 is 4.39 Å². The van der Waals surface area contributed by atoms with Gasteiger partial charge in [-0.3, -0.25) is 4.68 Å². The lowest BCUT2D eigenvalue weighted by Gasteiger charge is -2.04. The fourth-order valence-electron chi connectivity index (χ4n) is 2.40. The maximum Gasteiger partial charge on any atom is 0.132 e. The highest BCUT2D eigenvalue weighted by Gasteiger charge is 2.17. The van der Waals surface area contributed by atoms with Gasteiger partial charge in [0.1, 0.15) is 11.6 Å². The first-order valence-electron chi connectivity index (χ1n) is 5.76. The van der Waals surface area contributed by atoms with Gasteiger partial charge < -0.3 is 5.73 Å². The van der Waals surface area contributed by atoms with Gasteiger partial charge in [-0.25, -0.2) is 4.39 Å². The summed E-state index contributed by atoms with van der Waals surface area (Å²) in [7, 11) is 1.75. The lowest BCUT2D eigenvalue weighted by atomic mass is 10.0. The fourth-order valence-corrected chi connectivity index (χ4v) is 2.40. The molecule has 1 aromatic carbocycles. The lowest BCUT2D eigenvalue weighted by molar-refractivity contribution is 0.628. The standard InChI is InChI=1S/C13H14FN3/c1-17-13(15)7-12(16-17)10-5-8-3-2-4-9(8)6-11(10)14/h5-7H,2-4,15H2,1H3. The predicted molar refractivity (Wildman–Crippen MR) is 65.0 cm³/mol. The minimum Gasteiger partial charge on any atom is -0.384 e. The van der Waals surface area contributed by atoms with Gasteiger partial charge in [-0.1, -0.05) is 0 Å². The van der Waals surface area contributed by atoms with Crippen molar-refractivity contribution in [2.24, 2.45) is 7.05 Å². The molecular formula is C13H14FN3. The Hall–Kier alpha value is -1.84. The fraction of sp³-hybridized carbons (Fsp3) is 0.308. The van der Waals surface area contributed by atoms with Crippen LogP contribution in [-0.2, 0) is 19.9 Å². The van der Waals surface area contributed by atoms with Gasteiger partial charge in [0.25, 0.3) is 0 Å². The second-order valence-electron chi connectivity index (χ2n) is 4.53. The monoisotopic (exact) mass is 231 g/mol. The number of aromatic nitrogens is 2. The summed E-state index contributed by atoms with van der Waals surface area (Å²) in [5.41, 5.74) is 9.26. The SMILES string of the molecule is Cn1nc(-c2cc3c(cc2F)CCC3)cc1N. The molecule has 1 aliphatic rings. The number of hydrogen-bond acceptors (Lipinski definition) is 2. The highest BCUT2D eigenvalue weighted by Crippen LogP contribution is 2.30. The van der Waals surface area contributed by atoms with Crippen LogP contribution in [0.5, 0.6) is 0 Å². The number of anilines is 1. The van der Waals surface area contributed by atoms with E-state index in [0.717, 1.165) is 24.8 Å². The maximum absolute atomic E-state index is 14.0. The number of nitrogen functional groups attached to an aromatic ring is 1. The quantitative estimate of drug-likeness (QED) is 0.818. The van der Waals surface area contributed by atoms with Crippen LogP contribution >= 0.6 is 0 Å². The van der Waals surface area contributed by atoms with Crippen molar-refractivity contribution >= 4 is 5.82 Å². The summed E-state index contributed by atoms with van der Waals surface area (Å²) in [5.74, 6) is 0.337. The average molecular weight is 231 g/mol. The Bertz CT molecular complexity index is 567. The minimum absolute atomic E-state index is 0.205. The van der Waals surface area contributed by atoms with Gasteiger partial charge in [-0.05, 0) is 42.5 Å². The van der Waals surface area contributed by atoms with Gasteiger partial charge in [0.05, 0.1) is 5.69 Å². The topological polar surface area (TPSA) is 43.8 Å². The first kappa shape index (κ1) is 10.3. The van der Waals surface area contributed by atoms with Crippen LogP contribution in [0.3, 0.4) is 0 Å². The number of benzene rings is 1. The van der Waals surface area contributed by atoms with Gasteiger partial charge in [-0.15, -0.1) is 0 Å². The van der Waals surface area contributed by atoms with Gasteiger partial charge in [0, 0.05) is 18.7 Å². The normalized spacial score (nSPS) is 14.0. The Morgan fingerprint density at radius 2 is 1.94 bits per heavy atom. The maximum atomic E-state index is 14.0. The van der Waals surface area contributed by atoms with Crippen molar-refractivity contribution in [1.29, 1.82) is 0 Å². The Morgan fingerprint density at radius 1 is 1.24 bits per heavy atom. The van der Waals surface area contributed by atoms with E-state index < -0.39 is 0 Å². The Morgan fingerprint density at radius 3 is 2.59 bits per heavy atom. The number of aryl methyl sites for hydroxylation is 3. The minimum atomic E-state index is -0.205. The molecule has 0 unspecified atom stereocenters. The van der Waals surface area contributed by atoms with Crippen molar-refractivity contribution in [2.75, 3.05) is 5.73 Å². The number of hydrogen-bond donors (Lipinski definition) is 1. The summed E-state index contributed by atoms with van der Waals surface area (Å²) >= 11 is 0. The molecule has 0 radical (unpaired) electrons. The number of halogens is 1. The molecule has 1 aliphatic carbocycles. The third kappa shape index (κ3) is 1.60. The molecule has 3 nitrogen and oxygen atoms in total. The van der Waals surface area contributed by atoms with Crippen LogP contribution in [-0.4, -0.2) is 9.78 Å². The van der Waals surface area contributed by atoms with Crippen molar-refractivity contribution in [3.8, 4) is 11.3 Å². The number of rotatable bonds is 1. The largest absolute Gasteiger partial charge is 0.384 e. The number of fused-ring (bicyclic) bond motifs is 1.